The number of amides is 1. The number of nitrogens with one attached hydrogen (secondary N) is 1. The molecular formula is C26H22N4O4S. The molecule has 0 aliphatic carbocycles. The van der Waals surface area contributed by atoms with Gasteiger partial charge in [-0.1, -0.05) is 36.4 Å². The summed E-state index contributed by atoms with van der Waals surface area (Å²) in [6, 6.07) is 21.0. The summed E-state index contributed by atoms with van der Waals surface area (Å²) in [4.78, 5) is 28.6. The van der Waals surface area contributed by atoms with Gasteiger partial charge in [-0.05, 0) is 47.5 Å². The van der Waals surface area contributed by atoms with Gasteiger partial charge in [-0.2, -0.15) is 4.31 Å². The van der Waals surface area contributed by atoms with Crippen LogP contribution in [0.4, 0.5) is 0 Å². The van der Waals surface area contributed by atoms with Gasteiger partial charge < -0.3 is 9.88 Å². The van der Waals surface area contributed by atoms with E-state index in [0.717, 1.165) is 16.8 Å². The van der Waals surface area contributed by atoms with Crippen molar-refractivity contribution in [1.82, 2.24) is 19.2 Å². The maximum Gasteiger partial charge on any atom is 0.243 e. The SMILES string of the molecule is O=C1CN(S(=O)(=O)c2ccc(-c3ccc(C(=O)c4ccc(-n5ccnc5)cc4)cc3)cc2)CCN1. The van der Waals surface area contributed by atoms with Crippen LogP contribution in [0, 0.1) is 0 Å². The van der Waals surface area contributed by atoms with Crippen LogP contribution in [0.15, 0.2) is 96.4 Å². The first kappa shape index (κ1) is 22.7. The number of carbonyl (C=O) groups excluding carboxylic acids is 2. The molecule has 0 atom stereocenters. The number of benzene rings is 3. The Bertz CT molecular complexity index is 1460. The molecule has 1 N–H and O–H groups in total. The summed E-state index contributed by atoms with van der Waals surface area (Å²) < 4.78 is 28.7. The Hall–Kier alpha value is -4.08. The lowest BCUT2D eigenvalue weighted by Crippen LogP contribution is -2.49. The molecule has 0 unspecified atom stereocenters. The highest BCUT2D eigenvalue weighted by Crippen LogP contribution is 2.24. The Morgan fingerprint density at radius 2 is 1.46 bits per heavy atom. The third-order valence-electron chi connectivity index (χ3n) is 5.91. The number of imidazole rings is 1. The van der Waals surface area contributed by atoms with Crippen molar-refractivity contribution in [1.29, 1.82) is 0 Å². The van der Waals surface area contributed by atoms with Crippen molar-refractivity contribution in [3.63, 3.8) is 0 Å². The van der Waals surface area contributed by atoms with Crippen molar-refractivity contribution >= 4 is 21.7 Å². The molecule has 1 aliphatic heterocycles. The Kier molecular flexibility index (Phi) is 6.02. The van der Waals surface area contributed by atoms with Gasteiger partial charge in [0.1, 0.15) is 0 Å². The van der Waals surface area contributed by atoms with E-state index < -0.39 is 10.0 Å². The summed E-state index contributed by atoms with van der Waals surface area (Å²) in [6.07, 6.45) is 5.23. The summed E-state index contributed by atoms with van der Waals surface area (Å²) in [7, 11) is -3.74. The van der Waals surface area contributed by atoms with Crippen molar-refractivity contribution in [2.45, 2.75) is 4.90 Å². The second-order valence-corrected chi connectivity index (χ2v) is 10.1. The smallest absolute Gasteiger partial charge is 0.243 e. The molecule has 0 spiro atoms. The number of nitrogens with zero attached hydrogens (tertiary/aromatic N) is 3. The first-order valence-electron chi connectivity index (χ1n) is 11.0. The summed E-state index contributed by atoms with van der Waals surface area (Å²) >= 11 is 0. The third kappa shape index (κ3) is 4.64. The Balaban J connectivity index is 1.30. The quantitative estimate of drug-likeness (QED) is 0.423. The largest absolute Gasteiger partial charge is 0.354 e. The highest BCUT2D eigenvalue weighted by molar-refractivity contribution is 7.89. The number of piperazine rings is 1. The second kappa shape index (κ2) is 9.28. The standard InChI is InChI=1S/C26H22N4O4S/c31-25-17-30(16-14-28-25)35(33,34)24-11-7-20(8-12-24)19-1-3-21(4-2-19)26(32)22-5-9-23(10-6-22)29-15-13-27-18-29/h1-13,15,18H,14,16-17H2,(H,28,31). The van der Waals surface area contributed by atoms with Gasteiger partial charge in [0.2, 0.25) is 15.9 Å². The predicted molar refractivity (Wildman–Crippen MR) is 131 cm³/mol. The summed E-state index contributed by atoms with van der Waals surface area (Å²) in [6.45, 7) is 0.374. The van der Waals surface area contributed by atoms with Crippen molar-refractivity contribution in [3.8, 4) is 16.8 Å². The van der Waals surface area contributed by atoms with E-state index >= 15 is 0 Å². The number of aromatic nitrogens is 2. The van der Waals surface area contributed by atoms with Crippen LogP contribution in [0.5, 0.6) is 0 Å². The van der Waals surface area contributed by atoms with Crippen molar-refractivity contribution in [3.05, 3.63) is 103 Å². The van der Waals surface area contributed by atoms with E-state index in [1.54, 1.807) is 48.9 Å². The highest BCUT2D eigenvalue weighted by Gasteiger charge is 2.29. The average Bonchev–Trinajstić information content (AvgIpc) is 3.44. The van der Waals surface area contributed by atoms with E-state index in [-0.39, 0.29) is 29.7 Å². The maximum atomic E-state index is 12.9. The van der Waals surface area contributed by atoms with E-state index in [4.69, 9.17) is 0 Å². The molecule has 1 amide bonds. The van der Waals surface area contributed by atoms with E-state index in [1.165, 1.54) is 16.4 Å². The zero-order chi connectivity index (χ0) is 24.4. The first-order chi connectivity index (χ1) is 16.9. The molecule has 1 aromatic heterocycles. The third-order valence-corrected chi connectivity index (χ3v) is 7.77. The molecule has 0 bridgehead atoms. The number of hydrogen-bond donors (Lipinski definition) is 1. The van der Waals surface area contributed by atoms with Gasteiger partial charge >= 0.3 is 0 Å². The van der Waals surface area contributed by atoms with Crippen LogP contribution in [0.25, 0.3) is 16.8 Å². The lowest BCUT2D eigenvalue weighted by Gasteiger charge is -2.25. The number of carbonyl (C=O) groups is 2. The summed E-state index contributed by atoms with van der Waals surface area (Å²) in [5, 5.41) is 2.62. The molecule has 1 aliphatic rings. The molecule has 1 saturated heterocycles. The van der Waals surface area contributed by atoms with Crippen LogP contribution in [0.1, 0.15) is 15.9 Å². The average molecular weight is 487 g/mol. The van der Waals surface area contributed by atoms with Gasteiger partial charge in [-0.15, -0.1) is 0 Å². The molecule has 1 fully saturated rings. The molecule has 5 rings (SSSR count). The summed E-state index contributed by atoms with van der Waals surface area (Å²) in [5.74, 6) is -0.388. The Morgan fingerprint density at radius 1 is 0.857 bits per heavy atom. The van der Waals surface area contributed by atoms with Gasteiger partial charge in [0, 0.05) is 42.3 Å². The van der Waals surface area contributed by atoms with E-state index in [0.29, 0.717) is 17.7 Å². The van der Waals surface area contributed by atoms with Crippen LogP contribution < -0.4 is 5.32 Å². The molecule has 176 valence electrons. The molecule has 0 radical (unpaired) electrons. The fourth-order valence-corrected chi connectivity index (χ4v) is 5.36. The van der Waals surface area contributed by atoms with Crippen molar-refractivity contribution in [2.24, 2.45) is 0 Å². The van der Waals surface area contributed by atoms with Gasteiger partial charge in [-0.25, -0.2) is 13.4 Å². The Labute approximate surface area is 202 Å². The number of rotatable bonds is 6. The van der Waals surface area contributed by atoms with Crippen LogP contribution in [0.3, 0.4) is 0 Å². The fraction of sp³-hybridized carbons (Fsp3) is 0.115. The van der Waals surface area contributed by atoms with E-state index in [1.807, 2.05) is 35.0 Å². The van der Waals surface area contributed by atoms with Gasteiger partial charge in [-0.3, -0.25) is 9.59 Å². The molecule has 4 aromatic rings. The minimum absolute atomic E-state index is 0.0826. The summed E-state index contributed by atoms with van der Waals surface area (Å²) in [5.41, 5.74) is 3.75. The van der Waals surface area contributed by atoms with Crippen molar-refractivity contribution in [2.75, 3.05) is 19.6 Å². The van der Waals surface area contributed by atoms with E-state index in [2.05, 4.69) is 10.3 Å². The molecule has 9 heteroatoms. The first-order valence-corrected chi connectivity index (χ1v) is 12.5. The van der Waals surface area contributed by atoms with Gasteiger partial charge in [0.05, 0.1) is 17.8 Å². The van der Waals surface area contributed by atoms with E-state index in [9.17, 15) is 18.0 Å². The fourth-order valence-electron chi connectivity index (χ4n) is 3.97. The zero-order valence-electron chi connectivity index (χ0n) is 18.7. The minimum Gasteiger partial charge on any atom is -0.354 e. The molecule has 2 heterocycles. The lowest BCUT2D eigenvalue weighted by molar-refractivity contribution is -0.122. The normalized spacial score (nSPS) is 14.5. The van der Waals surface area contributed by atoms with Gasteiger partial charge in [0.15, 0.2) is 5.78 Å². The lowest BCUT2D eigenvalue weighted by atomic mass is 9.99. The number of hydrogen-bond acceptors (Lipinski definition) is 5. The molecule has 0 saturated carbocycles. The van der Waals surface area contributed by atoms with Crippen molar-refractivity contribution < 1.29 is 18.0 Å². The zero-order valence-corrected chi connectivity index (χ0v) is 19.5. The van der Waals surface area contributed by atoms with Crippen LogP contribution >= 0.6 is 0 Å². The minimum atomic E-state index is -3.74. The predicted octanol–water partition coefficient (Wildman–Crippen LogP) is 2.89. The molecule has 8 nitrogen and oxygen atoms in total. The van der Waals surface area contributed by atoms with Crippen LogP contribution in [-0.2, 0) is 14.8 Å². The Morgan fingerprint density at radius 3 is 2.03 bits per heavy atom. The molecule has 3 aromatic carbocycles. The number of sulfonamides is 1. The second-order valence-electron chi connectivity index (χ2n) is 8.14. The van der Waals surface area contributed by atoms with Crippen LogP contribution in [-0.4, -0.2) is 53.6 Å². The van der Waals surface area contributed by atoms with Gasteiger partial charge in [0.25, 0.3) is 0 Å². The maximum absolute atomic E-state index is 12.9. The highest BCUT2D eigenvalue weighted by atomic mass is 32.2. The monoisotopic (exact) mass is 486 g/mol. The number of ketones is 1. The topological polar surface area (TPSA) is 101 Å². The molecular weight excluding hydrogens is 464 g/mol. The van der Waals surface area contributed by atoms with Crippen LogP contribution in [0.2, 0.25) is 0 Å². The molecule has 35 heavy (non-hydrogen) atoms.